The largest absolute Gasteiger partial charge is 0.467 e. The van der Waals surface area contributed by atoms with Gasteiger partial charge in [-0.2, -0.15) is 15.0 Å². The summed E-state index contributed by atoms with van der Waals surface area (Å²) in [5.74, 6) is 6.18. The lowest BCUT2D eigenvalue weighted by Gasteiger charge is -2.30. The van der Waals surface area contributed by atoms with Gasteiger partial charge in [0.15, 0.2) is 0 Å². The molecule has 1 aromatic rings. The molecule has 2 unspecified atom stereocenters. The molecule has 1 aliphatic carbocycles. The lowest BCUT2D eigenvalue weighted by Crippen LogP contribution is -2.35. The summed E-state index contributed by atoms with van der Waals surface area (Å²) in [6, 6.07) is 0.360. The minimum absolute atomic E-state index is 0.163. The molecule has 1 fully saturated rings. The summed E-state index contributed by atoms with van der Waals surface area (Å²) in [6.07, 6.45) is 4.29. The van der Waals surface area contributed by atoms with E-state index in [1.54, 1.807) is 0 Å². The second-order valence-electron chi connectivity index (χ2n) is 4.59. The van der Waals surface area contributed by atoms with Gasteiger partial charge in [-0.25, -0.2) is 5.84 Å². The molecule has 1 heterocycles. The van der Waals surface area contributed by atoms with Crippen molar-refractivity contribution >= 4 is 11.9 Å². The molecule has 1 aliphatic rings. The van der Waals surface area contributed by atoms with Gasteiger partial charge >= 0.3 is 6.01 Å². The first-order valence-electron chi connectivity index (χ1n) is 6.41. The van der Waals surface area contributed by atoms with Gasteiger partial charge in [0.2, 0.25) is 11.9 Å². The van der Waals surface area contributed by atoms with Crippen molar-refractivity contribution in [1.82, 2.24) is 15.0 Å². The number of aromatic nitrogens is 3. The molecule has 0 aliphatic heterocycles. The van der Waals surface area contributed by atoms with Crippen molar-refractivity contribution in [3.63, 3.8) is 0 Å². The fraction of sp³-hybridized carbons (Fsp3) is 0.727. The number of hydrogen-bond donors (Lipinski definition) is 4. The van der Waals surface area contributed by atoms with Crippen LogP contribution in [0.4, 0.5) is 11.9 Å². The van der Waals surface area contributed by atoms with Crippen molar-refractivity contribution in [3.05, 3.63) is 0 Å². The molecule has 2 rings (SSSR count). The zero-order valence-corrected chi connectivity index (χ0v) is 11.0. The smallest absolute Gasteiger partial charge is 0.322 e. The molecule has 1 saturated carbocycles. The van der Waals surface area contributed by atoms with E-state index in [-0.39, 0.29) is 30.5 Å². The van der Waals surface area contributed by atoms with E-state index in [0.29, 0.717) is 5.95 Å². The van der Waals surface area contributed by atoms with Gasteiger partial charge in [0.05, 0.1) is 7.11 Å². The maximum absolute atomic E-state index is 9.39. The number of rotatable bonds is 5. The Kier molecular flexibility index (Phi) is 4.69. The van der Waals surface area contributed by atoms with Crippen molar-refractivity contribution in [2.24, 2.45) is 11.8 Å². The second kappa shape index (κ2) is 6.48. The molecule has 0 amide bonds. The van der Waals surface area contributed by atoms with Crippen LogP contribution >= 0.6 is 0 Å². The first-order valence-corrected chi connectivity index (χ1v) is 6.41. The Balaban J connectivity index is 2.12. The van der Waals surface area contributed by atoms with E-state index in [2.05, 4.69) is 25.7 Å². The lowest BCUT2D eigenvalue weighted by molar-refractivity contribution is 0.178. The number of nitrogens with one attached hydrogen (secondary N) is 2. The van der Waals surface area contributed by atoms with Crippen molar-refractivity contribution < 1.29 is 9.84 Å². The Morgan fingerprint density at radius 2 is 2.00 bits per heavy atom. The van der Waals surface area contributed by atoms with Crippen LogP contribution in [0.2, 0.25) is 0 Å². The van der Waals surface area contributed by atoms with E-state index in [0.717, 1.165) is 25.7 Å². The van der Waals surface area contributed by atoms with Crippen LogP contribution in [0.5, 0.6) is 6.01 Å². The third kappa shape index (κ3) is 3.42. The van der Waals surface area contributed by atoms with E-state index >= 15 is 0 Å². The molecule has 8 heteroatoms. The van der Waals surface area contributed by atoms with Gasteiger partial charge in [-0.15, -0.1) is 0 Å². The minimum atomic E-state index is 0.163. The van der Waals surface area contributed by atoms with Gasteiger partial charge in [0, 0.05) is 18.6 Å². The maximum atomic E-state index is 9.39. The van der Waals surface area contributed by atoms with E-state index in [1.165, 1.54) is 7.11 Å². The van der Waals surface area contributed by atoms with Crippen molar-refractivity contribution in [3.8, 4) is 6.01 Å². The number of ether oxygens (including phenoxy) is 1. The molecule has 5 N–H and O–H groups in total. The molecular weight excluding hydrogens is 248 g/mol. The number of nitrogens with zero attached hydrogens (tertiary/aromatic N) is 3. The molecule has 0 aromatic carbocycles. The summed E-state index contributed by atoms with van der Waals surface area (Å²) >= 11 is 0. The monoisotopic (exact) mass is 268 g/mol. The first kappa shape index (κ1) is 13.8. The number of methoxy groups -OCH3 is 1. The zero-order chi connectivity index (χ0) is 13.7. The maximum Gasteiger partial charge on any atom is 0.322 e. The predicted molar refractivity (Wildman–Crippen MR) is 70.6 cm³/mol. The van der Waals surface area contributed by atoms with E-state index in [4.69, 9.17) is 10.6 Å². The molecule has 0 spiro atoms. The molecular formula is C11H20N6O2. The van der Waals surface area contributed by atoms with Crippen LogP contribution < -0.4 is 21.3 Å². The van der Waals surface area contributed by atoms with Crippen LogP contribution in [-0.2, 0) is 0 Å². The van der Waals surface area contributed by atoms with E-state index in [9.17, 15) is 5.11 Å². The topological polar surface area (TPSA) is 118 Å². The molecule has 1 aromatic heterocycles. The Hall–Kier alpha value is -1.67. The summed E-state index contributed by atoms with van der Waals surface area (Å²) < 4.78 is 4.99. The summed E-state index contributed by atoms with van der Waals surface area (Å²) in [4.78, 5) is 12.2. The molecule has 19 heavy (non-hydrogen) atoms. The van der Waals surface area contributed by atoms with Crippen LogP contribution in [0.15, 0.2) is 0 Å². The number of nitrogens with two attached hydrogens (primary N) is 1. The molecule has 0 saturated heterocycles. The van der Waals surface area contributed by atoms with Crippen LogP contribution in [-0.4, -0.2) is 39.8 Å². The molecule has 2 atom stereocenters. The molecule has 0 bridgehead atoms. The second-order valence-corrected chi connectivity index (χ2v) is 4.59. The van der Waals surface area contributed by atoms with E-state index < -0.39 is 0 Å². The third-order valence-electron chi connectivity index (χ3n) is 3.38. The van der Waals surface area contributed by atoms with Gasteiger partial charge in [-0.05, 0) is 12.8 Å². The average Bonchev–Trinajstić information content (AvgIpc) is 2.47. The zero-order valence-electron chi connectivity index (χ0n) is 11.0. The van der Waals surface area contributed by atoms with Crippen LogP contribution in [0.1, 0.15) is 25.7 Å². The van der Waals surface area contributed by atoms with Gasteiger partial charge in [-0.1, -0.05) is 12.8 Å². The highest BCUT2D eigenvalue weighted by Crippen LogP contribution is 2.26. The predicted octanol–water partition coefficient (Wildman–Crippen LogP) is 0.129. The minimum Gasteiger partial charge on any atom is -0.467 e. The lowest BCUT2D eigenvalue weighted by atomic mass is 9.85. The summed E-state index contributed by atoms with van der Waals surface area (Å²) in [6.45, 7) is 0.169. The van der Waals surface area contributed by atoms with Gasteiger partial charge in [0.25, 0.3) is 0 Å². The van der Waals surface area contributed by atoms with E-state index in [1.807, 2.05) is 0 Å². The SMILES string of the molecule is COc1nc(NN)nc(NC2CCCCC2CO)n1. The first-order chi connectivity index (χ1) is 9.26. The Bertz CT molecular complexity index is 394. The quantitative estimate of drug-likeness (QED) is 0.439. The number of nitrogen functional groups attached to an aromatic ring is 1. The number of hydrazine groups is 1. The summed E-state index contributed by atoms with van der Waals surface area (Å²) in [5, 5.41) is 12.6. The van der Waals surface area contributed by atoms with Crippen LogP contribution in [0.3, 0.4) is 0 Å². The Morgan fingerprint density at radius 1 is 1.26 bits per heavy atom. The summed E-state index contributed by atoms with van der Waals surface area (Å²) in [5.41, 5.74) is 2.37. The average molecular weight is 268 g/mol. The van der Waals surface area contributed by atoms with Crippen molar-refractivity contribution in [1.29, 1.82) is 0 Å². The number of aliphatic hydroxyl groups excluding tert-OH is 1. The van der Waals surface area contributed by atoms with Gasteiger partial charge < -0.3 is 15.2 Å². The van der Waals surface area contributed by atoms with Crippen molar-refractivity contribution in [2.45, 2.75) is 31.7 Å². The Morgan fingerprint density at radius 3 is 2.68 bits per heavy atom. The highest BCUT2D eigenvalue weighted by molar-refractivity contribution is 5.36. The van der Waals surface area contributed by atoms with Gasteiger partial charge in [-0.3, -0.25) is 5.43 Å². The van der Waals surface area contributed by atoms with Crippen LogP contribution in [0, 0.1) is 5.92 Å². The molecule has 106 valence electrons. The fourth-order valence-corrected chi connectivity index (χ4v) is 2.36. The highest BCUT2D eigenvalue weighted by atomic mass is 16.5. The number of aliphatic hydroxyl groups is 1. The molecule has 8 nitrogen and oxygen atoms in total. The number of hydrogen-bond acceptors (Lipinski definition) is 8. The van der Waals surface area contributed by atoms with Gasteiger partial charge in [0.1, 0.15) is 0 Å². The van der Waals surface area contributed by atoms with Crippen LogP contribution in [0.25, 0.3) is 0 Å². The van der Waals surface area contributed by atoms with Crippen molar-refractivity contribution in [2.75, 3.05) is 24.5 Å². The third-order valence-corrected chi connectivity index (χ3v) is 3.38. The number of anilines is 2. The summed E-state index contributed by atoms with van der Waals surface area (Å²) in [7, 11) is 1.48. The highest BCUT2D eigenvalue weighted by Gasteiger charge is 2.25. The Labute approximate surface area is 111 Å². The normalized spacial score (nSPS) is 22.9. The molecule has 0 radical (unpaired) electrons. The standard InChI is InChI=1S/C11H20N6O2/c1-19-11-15-9(14-10(16-11)17-12)13-8-5-3-2-4-7(8)6-18/h7-8,18H,2-6,12H2,1H3,(H2,13,14,15,16,17). The fourth-order valence-electron chi connectivity index (χ4n) is 2.36.